The third kappa shape index (κ3) is 5.03. The fourth-order valence-electron chi connectivity index (χ4n) is 7.44. The molecule has 0 saturated heterocycles. The lowest BCUT2D eigenvalue weighted by Gasteiger charge is -2.23. The summed E-state index contributed by atoms with van der Waals surface area (Å²) < 4.78 is 0. The lowest BCUT2D eigenvalue weighted by Crippen LogP contribution is -2.15. The zero-order valence-electron chi connectivity index (χ0n) is 27.4. The minimum absolute atomic E-state index is 0.124. The molecule has 0 fully saturated rings. The quantitative estimate of drug-likeness (QED) is 0.191. The Bertz CT molecular complexity index is 2520. The summed E-state index contributed by atoms with van der Waals surface area (Å²) in [6.45, 7) is 4.71. The highest BCUT2D eigenvalue weighted by Crippen LogP contribution is 2.52. The molecule has 3 nitrogen and oxygen atoms in total. The molecule has 1 aliphatic rings. The van der Waals surface area contributed by atoms with Crippen molar-refractivity contribution >= 4 is 10.8 Å². The van der Waals surface area contributed by atoms with Crippen molar-refractivity contribution in [1.29, 1.82) is 0 Å². The number of aromatic nitrogens is 3. The fourth-order valence-corrected chi connectivity index (χ4v) is 7.44. The molecule has 0 bridgehead atoms. The van der Waals surface area contributed by atoms with E-state index in [9.17, 15) is 0 Å². The highest BCUT2D eigenvalue weighted by Gasteiger charge is 2.37. The molecule has 0 radical (unpaired) electrons. The summed E-state index contributed by atoms with van der Waals surface area (Å²) in [4.78, 5) is 15.1. The van der Waals surface area contributed by atoms with Crippen LogP contribution in [0.4, 0.5) is 0 Å². The molecule has 232 valence electrons. The molecular weight excluding hydrogens is 595 g/mol. The summed E-state index contributed by atoms with van der Waals surface area (Å²) in [5.74, 6) is 1.95. The third-order valence-corrected chi connectivity index (χ3v) is 9.89. The topological polar surface area (TPSA) is 38.7 Å². The molecule has 49 heavy (non-hydrogen) atoms. The summed E-state index contributed by atoms with van der Waals surface area (Å²) in [7, 11) is 0. The van der Waals surface area contributed by atoms with Crippen LogP contribution in [0.5, 0.6) is 0 Å². The second-order valence-corrected chi connectivity index (χ2v) is 13.3. The largest absolute Gasteiger partial charge is 0.208 e. The van der Waals surface area contributed by atoms with Gasteiger partial charge in [0.2, 0.25) is 0 Å². The highest BCUT2D eigenvalue weighted by molar-refractivity contribution is 5.98. The van der Waals surface area contributed by atoms with Gasteiger partial charge in [-0.05, 0) is 73.5 Å². The van der Waals surface area contributed by atoms with E-state index >= 15 is 0 Å². The molecule has 0 N–H and O–H groups in total. The van der Waals surface area contributed by atoms with Gasteiger partial charge in [-0.3, -0.25) is 0 Å². The SMILES string of the molecule is CC1(C)c2cc(-c3cccc(-c4nc(-c5ccccc5)nc(-c5cccc(-c6ccccc6)c5)n4)c3)ccc2-c2ccc3ccccc3c21. The number of fused-ring (bicyclic) bond motifs is 5. The molecule has 1 heterocycles. The first-order valence-corrected chi connectivity index (χ1v) is 16.8. The Hall–Kier alpha value is -6.19. The van der Waals surface area contributed by atoms with Gasteiger partial charge in [0.1, 0.15) is 0 Å². The van der Waals surface area contributed by atoms with Crippen molar-refractivity contribution in [3.63, 3.8) is 0 Å². The van der Waals surface area contributed by atoms with Gasteiger partial charge in [0.25, 0.3) is 0 Å². The highest BCUT2D eigenvalue weighted by atomic mass is 15.0. The zero-order chi connectivity index (χ0) is 33.0. The molecule has 1 aliphatic carbocycles. The number of hydrogen-bond acceptors (Lipinski definition) is 3. The minimum Gasteiger partial charge on any atom is -0.208 e. The second kappa shape index (κ2) is 11.5. The average Bonchev–Trinajstić information content (AvgIpc) is 3.41. The van der Waals surface area contributed by atoms with E-state index in [1.54, 1.807) is 0 Å². The summed E-state index contributed by atoms with van der Waals surface area (Å²) >= 11 is 0. The van der Waals surface area contributed by atoms with Crippen molar-refractivity contribution in [2.24, 2.45) is 0 Å². The normalized spacial score (nSPS) is 12.9. The van der Waals surface area contributed by atoms with Crippen molar-refractivity contribution < 1.29 is 0 Å². The van der Waals surface area contributed by atoms with Crippen molar-refractivity contribution in [3.8, 4) is 67.5 Å². The number of nitrogens with zero attached hydrogens (tertiary/aromatic N) is 3. The van der Waals surface area contributed by atoms with Crippen LogP contribution in [0.15, 0.2) is 164 Å². The van der Waals surface area contributed by atoms with Gasteiger partial charge in [-0.2, -0.15) is 0 Å². The van der Waals surface area contributed by atoms with E-state index in [0.717, 1.165) is 33.4 Å². The monoisotopic (exact) mass is 627 g/mol. The van der Waals surface area contributed by atoms with E-state index in [2.05, 4.69) is 141 Å². The molecule has 0 amide bonds. The molecular formula is C46H33N3. The zero-order valence-corrected chi connectivity index (χ0v) is 27.4. The van der Waals surface area contributed by atoms with Crippen LogP contribution in [-0.4, -0.2) is 15.0 Å². The average molecular weight is 628 g/mol. The molecule has 7 aromatic carbocycles. The molecule has 0 unspecified atom stereocenters. The van der Waals surface area contributed by atoms with Crippen LogP contribution < -0.4 is 0 Å². The summed E-state index contributed by atoms with van der Waals surface area (Å²) in [6, 6.07) is 57.8. The van der Waals surface area contributed by atoms with Crippen molar-refractivity contribution in [1.82, 2.24) is 15.0 Å². The van der Waals surface area contributed by atoms with E-state index in [1.807, 2.05) is 36.4 Å². The van der Waals surface area contributed by atoms with Gasteiger partial charge in [0.15, 0.2) is 17.5 Å². The van der Waals surface area contributed by atoms with Gasteiger partial charge in [0, 0.05) is 22.1 Å². The van der Waals surface area contributed by atoms with Crippen molar-refractivity contribution in [2.75, 3.05) is 0 Å². The molecule has 9 rings (SSSR count). The second-order valence-electron chi connectivity index (χ2n) is 13.3. The maximum absolute atomic E-state index is 5.08. The van der Waals surface area contributed by atoms with Gasteiger partial charge in [-0.25, -0.2) is 15.0 Å². The number of hydrogen-bond donors (Lipinski definition) is 0. The van der Waals surface area contributed by atoms with Gasteiger partial charge < -0.3 is 0 Å². The third-order valence-electron chi connectivity index (χ3n) is 9.89. The first kappa shape index (κ1) is 29.0. The Morgan fingerprint density at radius 2 is 0.857 bits per heavy atom. The van der Waals surface area contributed by atoms with Crippen LogP contribution in [0, 0.1) is 0 Å². The Kier molecular flexibility index (Phi) is 6.80. The minimum atomic E-state index is -0.124. The molecule has 0 aliphatic heterocycles. The van der Waals surface area contributed by atoms with Crippen LogP contribution in [-0.2, 0) is 5.41 Å². The number of benzene rings is 7. The fraction of sp³-hybridized carbons (Fsp3) is 0.0652. The smallest absolute Gasteiger partial charge is 0.164 e. The predicted octanol–water partition coefficient (Wildman–Crippen LogP) is 11.7. The Morgan fingerprint density at radius 3 is 1.53 bits per heavy atom. The van der Waals surface area contributed by atoms with Crippen LogP contribution in [0.3, 0.4) is 0 Å². The van der Waals surface area contributed by atoms with Crippen molar-refractivity contribution in [2.45, 2.75) is 19.3 Å². The van der Waals surface area contributed by atoms with Crippen LogP contribution in [0.1, 0.15) is 25.0 Å². The lowest BCUT2D eigenvalue weighted by atomic mass is 9.79. The number of rotatable bonds is 5. The van der Waals surface area contributed by atoms with Gasteiger partial charge in [-0.15, -0.1) is 0 Å². The Labute approximate surface area is 286 Å². The predicted molar refractivity (Wildman–Crippen MR) is 202 cm³/mol. The standard InChI is InChI=1S/C46H33N3/c1-46(2)41-29-35(24-25-39(41)40-26-23-31-15-9-10-22-38(31)42(40)46)34-19-12-21-37(28-34)45-48-43(32-16-7-4-8-17-32)47-44(49-45)36-20-11-18-33(27-36)30-13-5-3-6-14-30/h3-29H,1-2H3. The van der Waals surface area contributed by atoms with Crippen LogP contribution in [0.25, 0.3) is 78.3 Å². The molecule has 8 aromatic rings. The van der Waals surface area contributed by atoms with E-state index in [-0.39, 0.29) is 5.41 Å². The summed E-state index contributed by atoms with van der Waals surface area (Å²) in [5, 5.41) is 2.62. The molecule has 0 atom stereocenters. The maximum atomic E-state index is 5.08. The van der Waals surface area contributed by atoms with Crippen LogP contribution >= 0.6 is 0 Å². The first-order valence-electron chi connectivity index (χ1n) is 16.8. The first-order chi connectivity index (χ1) is 24.0. The molecule has 0 saturated carbocycles. The Morgan fingerprint density at radius 1 is 0.367 bits per heavy atom. The molecule has 3 heteroatoms. The van der Waals surface area contributed by atoms with Gasteiger partial charge in [0.05, 0.1) is 0 Å². The maximum Gasteiger partial charge on any atom is 0.164 e. The van der Waals surface area contributed by atoms with Gasteiger partial charge >= 0.3 is 0 Å². The summed E-state index contributed by atoms with van der Waals surface area (Å²) in [5.41, 5.74) is 12.7. The van der Waals surface area contributed by atoms with E-state index in [0.29, 0.717) is 17.5 Å². The Balaban J connectivity index is 1.14. The van der Waals surface area contributed by atoms with Crippen LogP contribution in [0.2, 0.25) is 0 Å². The van der Waals surface area contributed by atoms with E-state index < -0.39 is 0 Å². The van der Waals surface area contributed by atoms with Gasteiger partial charge in [-0.1, -0.05) is 159 Å². The summed E-state index contributed by atoms with van der Waals surface area (Å²) in [6.07, 6.45) is 0. The molecule has 0 spiro atoms. The lowest BCUT2D eigenvalue weighted by molar-refractivity contribution is 0.666. The van der Waals surface area contributed by atoms with E-state index in [1.165, 1.54) is 38.6 Å². The van der Waals surface area contributed by atoms with Crippen molar-refractivity contribution in [3.05, 3.63) is 175 Å². The molecule has 1 aromatic heterocycles. The van der Waals surface area contributed by atoms with E-state index in [4.69, 9.17) is 15.0 Å².